The first-order chi connectivity index (χ1) is 16.8. The van der Waals surface area contributed by atoms with Gasteiger partial charge in [0.2, 0.25) is 5.91 Å². The molecule has 35 heavy (non-hydrogen) atoms. The molecule has 1 amide bonds. The lowest BCUT2D eigenvalue weighted by Crippen LogP contribution is -2.54. The van der Waals surface area contributed by atoms with Crippen LogP contribution < -0.4 is 16.5 Å². The average Bonchev–Trinajstić information content (AvgIpc) is 3.50. The molecule has 5 N–H and O–H groups in total. The van der Waals surface area contributed by atoms with Crippen molar-refractivity contribution >= 4 is 34.8 Å². The van der Waals surface area contributed by atoms with Gasteiger partial charge in [-0.1, -0.05) is 18.2 Å². The van der Waals surface area contributed by atoms with Gasteiger partial charge in [-0.05, 0) is 55.2 Å². The summed E-state index contributed by atoms with van der Waals surface area (Å²) in [5, 5.41) is 19.1. The third-order valence-electron chi connectivity index (χ3n) is 6.55. The minimum absolute atomic E-state index is 0.114. The summed E-state index contributed by atoms with van der Waals surface area (Å²) in [6.45, 7) is 3.31. The van der Waals surface area contributed by atoms with Gasteiger partial charge in [0.25, 0.3) is 0 Å². The largest absolute Gasteiger partial charge is 0.480 e. The second-order valence-electron chi connectivity index (χ2n) is 8.92. The maximum absolute atomic E-state index is 13.4. The van der Waals surface area contributed by atoms with Crippen molar-refractivity contribution in [3.8, 4) is 0 Å². The predicted molar refractivity (Wildman–Crippen MR) is 135 cm³/mol. The van der Waals surface area contributed by atoms with Gasteiger partial charge >= 0.3 is 5.97 Å². The molecule has 1 aromatic heterocycles. The predicted octanol–water partition coefficient (Wildman–Crippen LogP) is 1.99. The van der Waals surface area contributed by atoms with Crippen LogP contribution in [0.1, 0.15) is 36.7 Å². The summed E-state index contributed by atoms with van der Waals surface area (Å²) in [7, 11) is 1.95. The van der Waals surface area contributed by atoms with Gasteiger partial charge in [-0.25, -0.2) is 4.98 Å². The SMILES string of the molecule is Cn1c(CNc2ccc(/C=N/N)cc2)nc2cc([C@@](C)(NCC(=O)O)C(=O)N3CCCC3)ccc21. The van der Waals surface area contributed by atoms with Gasteiger partial charge in [0.05, 0.1) is 30.3 Å². The van der Waals surface area contributed by atoms with E-state index in [9.17, 15) is 14.7 Å². The van der Waals surface area contributed by atoms with Crippen molar-refractivity contribution in [2.24, 2.45) is 18.0 Å². The number of hydrogen-bond acceptors (Lipinski definition) is 7. The Morgan fingerprint density at radius 3 is 2.57 bits per heavy atom. The van der Waals surface area contributed by atoms with Crippen molar-refractivity contribution in [1.29, 1.82) is 0 Å². The summed E-state index contributed by atoms with van der Waals surface area (Å²) in [6, 6.07) is 13.4. The van der Waals surface area contributed by atoms with Crippen LogP contribution in [-0.2, 0) is 28.7 Å². The molecule has 2 aromatic carbocycles. The molecule has 1 saturated heterocycles. The van der Waals surface area contributed by atoms with Crippen LogP contribution in [0, 0.1) is 0 Å². The Morgan fingerprint density at radius 2 is 1.91 bits per heavy atom. The van der Waals surface area contributed by atoms with Crippen molar-refractivity contribution in [1.82, 2.24) is 19.8 Å². The number of nitrogens with two attached hydrogens (primary N) is 1. The van der Waals surface area contributed by atoms with Gasteiger partial charge < -0.3 is 25.7 Å². The lowest BCUT2D eigenvalue weighted by molar-refractivity contribution is -0.139. The van der Waals surface area contributed by atoms with E-state index in [0.29, 0.717) is 25.2 Å². The number of carbonyl (C=O) groups excluding carboxylic acids is 1. The first kappa shape index (κ1) is 24.2. The average molecular weight is 478 g/mol. The van der Waals surface area contributed by atoms with Crippen LogP contribution in [0.25, 0.3) is 11.0 Å². The summed E-state index contributed by atoms with van der Waals surface area (Å²) < 4.78 is 2.01. The van der Waals surface area contributed by atoms with Crippen LogP contribution >= 0.6 is 0 Å². The number of aliphatic carboxylic acids is 1. The monoisotopic (exact) mass is 477 g/mol. The zero-order valence-corrected chi connectivity index (χ0v) is 20.0. The molecule has 1 aliphatic rings. The second kappa shape index (κ2) is 10.1. The van der Waals surface area contributed by atoms with E-state index in [1.807, 2.05) is 54.1 Å². The standard InChI is InChI=1S/C25H31N7O3/c1-25(28-16-23(33)34,24(35)32-11-3-4-12-32)18-7-10-21-20(13-18)30-22(31(21)2)15-27-19-8-5-17(6-9-19)14-29-26/h5-10,13-14,27-28H,3-4,11-12,15-16,26H2,1-2H3,(H,33,34)/b29-14+/t25-/m1/s1. The number of carboxylic acid groups (broad SMARTS) is 1. The van der Waals surface area contributed by atoms with E-state index in [1.165, 1.54) is 0 Å². The van der Waals surface area contributed by atoms with Crippen molar-refractivity contribution in [2.75, 3.05) is 25.0 Å². The molecular formula is C25H31N7O3. The Hall–Kier alpha value is -3.92. The highest BCUT2D eigenvalue weighted by Gasteiger charge is 2.39. The zero-order chi connectivity index (χ0) is 25.0. The Bertz CT molecular complexity index is 1250. The maximum Gasteiger partial charge on any atom is 0.317 e. The number of aromatic nitrogens is 2. The summed E-state index contributed by atoms with van der Waals surface area (Å²) in [6.07, 6.45) is 3.50. The fraction of sp³-hybridized carbons (Fsp3) is 0.360. The zero-order valence-electron chi connectivity index (χ0n) is 20.0. The van der Waals surface area contributed by atoms with Crippen molar-refractivity contribution in [3.63, 3.8) is 0 Å². The number of nitrogens with zero attached hydrogens (tertiary/aromatic N) is 4. The first-order valence-corrected chi connectivity index (χ1v) is 11.6. The van der Waals surface area contributed by atoms with Gasteiger partial charge in [-0.15, -0.1) is 0 Å². The van der Waals surface area contributed by atoms with Crippen molar-refractivity contribution in [3.05, 3.63) is 59.4 Å². The van der Waals surface area contributed by atoms with E-state index in [0.717, 1.165) is 41.0 Å². The van der Waals surface area contributed by atoms with E-state index >= 15 is 0 Å². The third-order valence-corrected chi connectivity index (χ3v) is 6.55. The van der Waals surface area contributed by atoms with E-state index in [1.54, 1.807) is 18.0 Å². The molecule has 3 aromatic rings. The second-order valence-corrected chi connectivity index (χ2v) is 8.92. The molecule has 0 radical (unpaired) electrons. The highest BCUT2D eigenvalue weighted by Crippen LogP contribution is 2.29. The summed E-state index contributed by atoms with van der Waals surface area (Å²) in [4.78, 5) is 31.3. The highest BCUT2D eigenvalue weighted by molar-refractivity contribution is 5.90. The number of hydrazone groups is 1. The summed E-state index contributed by atoms with van der Waals surface area (Å²) in [5.41, 5.74) is 3.05. The topological polar surface area (TPSA) is 138 Å². The molecule has 2 heterocycles. The number of anilines is 1. The van der Waals surface area contributed by atoms with Crippen molar-refractivity contribution < 1.29 is 14.7 Å². The molecule has 10 heteroatoms. The van der Waals surface area contributed by atoms with Crippen molar-refractivity contribution in [2.45, 2.75) is 31.8 Å². The fourth-order valence-electron chi connectivity index (χ4n) is 4.46. The van der Waals surface area contributed by atoms with Crippen LogP contribution in [-0.4, -0.2) is 57.3 Å². The lowest BCUT2D eigenvalue weighted by Gasteiger charge is -2.33. The van der Waals surface area contributed by atoms with Gasteiger partial charge in [0, 0.05) is 25.8 Å². The maximum atomic E-state index is 13.4. The van der Waals surface area contributed by atoms with Crippen LogP contribution in [0.15, 0.2) is 47.6 Å². The van der Waals surface area contributed by atoms with E-state index in [4.69, 9.17) is 10.8 Å². The Balaban J connectivity index is 1.59. The van der Waals surface area contributed by atoms with Gasteiger partial charge in [-0.2, -0.15) is 5.10 Å². The van der Waals surface area contributed by atoms with E-state index < -0.39 is 11.5 Å². The number of imidazole rings is 1. The number of fused-ring (bicyclic) bond motifs is 1. The van der Waals surface area contributed by atoms with Crippen LogP contribution in [0.4, 0.5) is 5.69 Å². The number of hydrogen-bond donors (Lipinski definition) is 4. The molecule has 0 unspecified atom stereocenters. The van der Waals surface area contributed by atoms with E-state index in [-0.39, 0.29) is 12.5 Å². The molecule has 1 aliphatic heterocycles. The molecular weight excluding hydrogens is 446 g/mol. The first-order valence-electron chi connectivity index (χ1n) is 11.6. The van der Waals surface area contributed by atoms with Crippen LogP contribution in [0.5, 0.6) is 0 Å². The highest BCUT2D eigenvalue weighted by atomic mass is 16.4. The number of aryl methyl sites for hydroxylation is 1. The minimum Gasteiger partial charge on any atom is -0.480 e. The minimum atomic E-state index is -1.17. The molecule has 184 valence electrons. The number of amides is 1. The number of carboxylic acids is 1. The number of rotatable bonds is 9. The lowest BCUT2D eigenvalue weighted by atomic mass is 9.89. The smallest absolute Gasteiger partial charge is 0.317 e. The van der Waals surface area contributed by atoms with Gasteiger partial charge in [-0.3, -0.25) is 14.9 Å². The fourth-order valence-corrected chi connectivity index (χ4v) is 4.46. The molecule has 0 aliphatic carbocycles. The van der Waals surface area contributed by atoms with Gasteiger partial charge in [0.1, 0.15) is 11.4 Å². The quantitative estimate of drug-likeness (QED) is 0.210. The van der Waals surface area contributed by atoms with Crippen LogP contribution in [0.3, 0.4) is 0 Å². The molecule has 0 saturated carbocycles. The number of benzene rings is 2. The third kappa shape index (κ3) is 5.12. The Morgan fingerprint density at radius 1 is 1.20 bits per heavy atom. The Kier molecular flexibility index (Phi) is 7.02. The summed E-state index contributed by atoms with van der Waals surface area (Å²) >= 11 is 0. The molecule has 0 spiro atoms. The number of nitrogens with one attached hydrogen (secondary N) is 2. The normalized spacial score (nSPS) is 15.5. The van der Waals surface area contributed by atoms with Gasteiger partial charge in [0.15, 0.2) is 0 Å². The molecule has 1 atom stereocenters. The summed E-state index contributed by atoms with van der Waals surface area (Å²) in [5.74, 6) is 4.90. The van der Waals surface area contributed by atoms with Crippen LogP contribution in [0.2, 0.25) is 0 Å². The Labute approximate surface area is 203 Å². The number of carbonyl (C=O) groups is 2. The molecule has 0 bridgehead atoms. The van der Waals surface area contributed by atoms with E-state index in [2.05, 4.69) is 15.7 Å². The molecule has 4 rings (SSSR count). The molecule has 1 fully saturated rings. The molecule has 10 nitrogen and oxygen atoms in total. The number of likely N-dealkylation sites (tertiary alicyclic amines) is 1.